The molecule has 0 radical (unpaired) electrons. The average Bonchev–Trinajstić information content (AvgIpc) is 3.25. The number of β-amino-alcohol motifs (C(OH)–C–C–N with tert-alkyl or cyclic N) is 1. The maximum absolute atomic E-state index is 9.08. The number of rotatable bonds is 38. The SMILES string of the molecule is CCCCC/C=C\C/C=C\CCCCCCCCOCC(CN1CCOCC1)OCCCCCCCC/C=C\C/C=C\CCCCC.OCC(O)CN1CCOCC1. The fourth-order valence-electron chi connectivity index (χ4n) is 7.11. The third-order valence-corrected chi connectivity index (χ3v) is 10.8. The third kappa shape index (κ3) is 38.8. The molecule has 0 saturated carbocycles. The lowest BCUT2D eigenvalue weighted by Crippen LogP contribution is -2.43. The van der Waals surface area contributed by atoms with Gasteiger partial charge in [0, 0.05) is 52.5 Å². The van der Waals surface area contributed by atoms with E-state index >= 15 is 0 Å². The average molecular weight is 819 g/mol. The molecule has 0 aromatic rings. The molecule has 2 atom stereocenters. The van der Waals surface area contributed by atoms with Crippen LogP contribution in [0, 0.1) is 0 Å². The zero-order chi connectivity index (χ0) is 41.7. The molecule has 58 heavy (non-hydrogen) atoms. The Morgan fingerprint density at radius 3 is 1.34 bits per heavy atom. The van der Waals surface area contributed by atoms with Crippen LogP contribution in [0.5, 0.6) is 0 Å². The lowest BCUT2D eigenvalue weighted by atomic mass is 10.1. The van der Waals surface area contributed by atoms with E-state index in [2.05, 4.69) is 72.3 Å². The van der Waals surface area contributed by atoms with Crippen LogP contribution >= 0.6 is 0 Å². The second kappa shape index (κ2) is 45.2. The molecule has 8 nitrogen and oxygen atoms in total. The number of hydrogen-bond acceptors (Lipinski definition) is 8. The number of unbranched alkanes of at least 4 members (excludes halogenated alkanes) is 18. The molecule has 2 unspecified atom stereocenters. The van der Waals surface area contributed by atoms with E-state index in [9.17, 15) is 0 Å². The van der Waals surface area contributed by atoms with Crippen LogP contribution in [-0.4, -0.2) is 124 Å². The Morgan fingerprint density at radius 1 is 0.500 bits per heavy atom. The minimum atomic E-state index is -0.604. The van der Waals surface area contributed by atoms with Gasteiger partial charge in [0.25, 0.3) is 0 Å². The first kappa shape index (κ1) is 54.7. The minimum absolute atomic E-state index is 0.155. The number of aliphatic hydroxyl groups is 2. The van der Waals surface area contributed by atoms with Gasteiger partial charge in [-0.25, -0.2) is 0 Å². The molecule has 2 saturated heterocycles. The van der Waals surface area contributed by atoms with E-state index in [0.29, 0.717) is 6.54 Å². The van der Waals surface area contributed by atoms with E-state index in [0.717, 1.165) is 98.2 Å². The van der Waals surface area contributed by atoms with Crippen molar-refractivity contribution in [3.05, 3.63) is 48.6 Å². The number of hydrogen-bond donors (Lipinski definition) is 2. The summed E-state index contributed by atoms with van der Waals surface area (Å²) < 4.78 is 23.2. The summed E-state index contributed by atoms with van der Waals surface area (Å²) in [7, 11) is 0. The van der Waals surface area contributed by atoms with E-state index < -0.39 is 6.10 Å². The maximum Gasteiger partial charge on any atom is 0.0934 e. The van der Waals surface area contributed by atoms with Gasteiger partial charge >= 0.3 is 0 Å². The zero-order valence-corrected chi connectivity index (χ0v) is 38.1. The van der Waals surface area contributed by atoms with Crippen LogP contribution in [0.4, 0.5) is 0 Å². The maximum atomic E-state index is 9.08. The Hall–Kier alpha value is -1.36. The van der Waals surface area contributed by atoms with Crippen molar-refractivity contribution in [3.8, 4) is 0 Å². The predicted molar refractivity (Wildman–Crippen MR) is 247 cm³/mol. The zero-order valence-electron chi connectivity index (χ0n) is 38.1. The van der Waals surface area contributed by atoms with E-state index in [1.54, 1.807) is 0 Å². The number of allylic oxidation sites excluding steroid dienone is 8. The summed E-state index contributed by atoms with van der Waals surface area (Å²) in [4.78, 5) is 4.57. The summed E-state index contributed by atoms with van der Waals surface area (Å²) in [5.41, 5.74) is 0. The number of morpholine rings is 2. The molecule has 8 heteroatoms. The second-order valence-electron chi connectivity index (χ2n) is 16.4. The summed E-state index contributed by atoms with van der Waals surface area (Å²) in [6, 6.07) is 0. The van der Waals surface area contributed by atoms with Gasteiger partial charge in [-0.2, -0.15) is 0 Å². The summed E-state index contributed by atoms with van der Waals surface area (Å²) in [5, 5.41) is 17.6. The van der Waals surface area contributed by atoms with Crippen molar-refractivity contribution in [2.45, 2.75) is 180 Å². The summed E-state index contributed by atoms with van der Waals surface area (Å²) >= 11 is 0. The largest absolute Gasteiger partial charge is 0.394 e. The fraction of sp³-hybridized carbons (Fsp3) is 0.840. The molecule has 2 rings (SSSR count). The van der Waals surface area contributed by atoms with Crippen LogP contribution in [0.15, 0.2) is 48.6 Å². The van der Waals surface area contributed by atoms with Crippen molar-refractivity contribution in [1.82, 2.24) is 9.80 Å². The van der Waals surface area contributed by atoms with Gasteiger partial charge in [-0.05, 0) is 77.0 Å². The fourth-order valence-corrected chi connectivity index (χ4v) is 7.11. The summed E-state index contributed by atoms with van der Waals surface area (Å²) in [5.74, 6) is 0. The molecule has 0 bridgehead atoms. The Balaban J connectivity index is 0.00000131. The van der Waals surface area contributed by atoms with Crippen molar-refractivity contribution in [3.63, 3.8) is 0 Å². The predicted octanol–water partition coefficient (Wildman–Crippen LogP) is 11.0. The van der Waals surface area contributed by atoms with Gasteiger partial charge in [0.2, 0.25) is 0 Å². The molecule has 2 aliphatic rings. The highest BCUT2D eigenvalue weighted by atomic mass is 16.5. The van der Waals surface area contributed by atoms with Gasteiger partial charge in [0.15, 0.2) is 0 Å². The molecule has 0 amide bonds. The minimum Gasteiger partial charge on any atom is -0.394 e. The number of ether oxygens (including phenoxy) is 4. The van der Waals surface area contributed by atoms with Crippen molar-refractivity contribution in [2.75, 3.05) is 92.1 Å². The van der Waals surface area contributed by atoms with Crippen LogP contribution in [0.1, 0.15) is 168 Å². The van der Waals surface area contributed by atoms with Crippen molar-refractivity contribution >= 4 is 0 Å². The molecule has 0 aromatic heterocycles. The van der Waals surface area contributed by atoms with E-state index in [1.165, 1.54) is 135 Å². The number of aliphatic hydroxyl groups excluding tert-OH is 2. The molecule has 2 heterocycles. The first-order chi connectivity index (χ1) is 28.7. The molecule has 340 valence electrons. The van der Waals surface area contributed by atoms with Crippen LogP contribution in [0.2, 0.25) is 0 Å². The molecule has 2 aliphatic heterocycles. The Morgan fingerprint density at radius 2 is 0.897 bits per heavy atom. The van der Waals surface area contributed by atoms with Crippen LogP contribution < -0.4 is 0 Å². The van der Waals surface area contributed by atoms with Gasteiger partial charge < -0.3 is 29.2 Å². The molecule has 0 aliphatic carbocycles. The summed E-state index contributed by atoms with van der Waals surface area (Å²) in [6.07, 6.45) is 49.1. The lowest BCUT2D eigenvalue weighted by molar-refractivity contribution is -0.0496. The normalized spacial score (nSPS) is 16.9. The van der Waals surface area contributed by atoms with E-state index in [1.807, 2.05) is 0 Å². The molecular formula is C50H94N2O6. The van der Waals surface area contributed by atoms with Gasteiger partial charge in [0.05, 0.1) is 51.8 Å². The first-order valence-corrected chi connectivity index (χ1v) is 24.4. The topological polar surface area (TPSA) is 83.9 Å². The highest BCUT2D eigenvalue weighted by Crippen LogP contribution is 2.12. The van der Waals surface area contributed by atoms with Gasteiger partial charge in [-0.1, -0.05) is 140 Å². The van der Waals surface area contributed by atoms with Crippen molar-refractivity contribution < 1.29 is 29.2 Å². The molecule has 0 spiro atoms. The van der Waals surface area contributed by atoms with E-state index in [-0.39, 0.29) is 12.7 Å². The molecule has 0 aromatic carbocycles. The van der Waals surface area contributed by atoms with Crippen LogP contribution in [0.3, 0.4) is 0 Å². The van der Waals surface area contributed by atoms with Gasteiger partial charge in [0.1, 0.15) is 0 Å². The molecule has 2 N–H and O–H groups in total. The van der Waals surface area contributed by atoms with E-state index in [4.69, 9.17) is 29.2 Å². The van der Waals surface area contributed by atoms with Crippen LogP contribution in [-0.2, 0) is 18.9 Å². The van der Waals surface area contributed by atoms with Gasteiger partial charge in [-0.3, -0.25) is 9.80 Å². The highest BCUT2D eigenvalue weighted by molar-refractivity contribution is 4.93. The van der Waals surface area contributed by atoms with Gasteiger partial charge in [-0.15, -0.1) is 0 Å². The van der Waals surface area contributed by atoms with Crippen molar-refractivity contribution in [1.29, 1.82) is 0 Å². The summed E-state index contributed by atoms with van der Waals surface area (Å²) in [6.45, 7) is 15.2. The quantitative estimate of drug-likeness (QED) is 0.0471. The Labute approximate surface area is 358 Å². The Kier molecular flexibility index (Phi) is 42.6. The molecule has 2 fully saturated rings. The van der Waals surface area contributed by atoms with Crippen LogP contribution in [0.25, 0.3) is 0 Å². The highest BCUT2D eigenvalue weighted by Gasteiger charge is 2.18. The second-order valence-corrected chi connectivity index (χ2v) is 16.4. The standard InChI is InChI=1S/C43H79NO3.C7H15NO3/c1-3-5-7-9-11-13-15-17-19-21-23-25-27-29-31-33-37-46-42-43(41-44-35-39-45-40-36-44)47-38-34-32-30-28-26-24-22-20-18-16-14-12-10-8-6-4-2;9-6-7(10)5-8-1-3-11-4-2-8/h11-14,17-20,43H,3-10,15-16,21-42H2,1-2H3;7,9-10H,1-6H2/b13-11-,14-12-,19-17-,20-18-;. The monoisotopic (exact) mass is 819 g/mol. The Bertz CT molecular complexity index is 931. The van der Waals surface area contributed by atoms with Crippen molar-refractivity contribution in [2.24, 2.45) is 0 Å². The smallest absolute Gasteiger partial charge is 0.0934 e. The molecular weight excluding hydrogens is 725 g/mol. The lowest BCUT2D eigenvalue weighted by Gasteiger charge is -2.30. The third-order valence-electron chi connectivity index (χ3n) is 10.8. The first-order valence-electron chi connectivity index (χ1n) is 24.4. The number of nitrogens with zero attached hydrogens (tertiary/aromatic N) is 2.